The van der Waals surface area contributed by atoms with Crippen molar-refractivity contribution in [3.63, 3.8) is 0 Å². The molecule has 1 aromatic carbocycles. The zero-order valence-electron chi connectivity index (χ0n) is 11.8. The van der Waals surface area contributed by atoms with E-state index in [-0.39, 0.29) is 11.7 Å². The summed E-state index contributed by atoms with van der Waals surface area (Å²) >= 11 is 0. The maximum atomic E-state index is 6.40. The van der Waals surface area contributed by atoms with E-state index in [0.717, 1.165) is 5.92 Å². The highest BCUT2D eigenvalue weighted by Gasteiger charge is 2.45. The van der Waals surface area contributed by atoms with Crippen LogP contribution >= 0.6 is 0 Å². The molecule has 1 saturated heterocycles. The summed E-state index contributed by atoms with van der Waals surface area (Å²) in [5, 5.41) is 0. The quantitative estimate of drug-likeness (QED) is 0.804. The van der Waals surface area contributed by atoms with Gasteiger partial charge in [-0.2, -0.15) is 0 Å². The van der Waals surface area contributed by atoms with Crippen LogP contribution in [0.25, 0.3) is 0 Å². The Morgan fingerprint density at radius 3 is 2.68 bits per heavy atom. The average Bonchev–Trinajstić information content (AvgIpc) is 3.21. The summed E-state index contributed by atoms with van der Waals surface area (Å²) in [6.45, 7) is 5.94. The first-order valence-electron chi connectivity index (χ1n) is 7.76. The summed E-state index contributed by atoms with van der Waals surface area (Å²) in [4.78, 5) is 2.65. The van der Waals surface area contributed by atoms with Crippen molar-refractivity contribution >= 4 is 0 Å². The van der Waals surface area contributed by atoms with Gasteiger partial charge in [-0.15, -0.1) is 0 Å². The van der Waals surface area contributed by atoms with Crippen molar-refractivity contribution in [1.82, 2.24) is 4.90 Å². The van der Waals surface area contributed by atoms with Crippen molar-refractivity contribution < 1.29 is 4.74 Å². The molecule has 2 fully saturated rings. The van der Waals surface area contributed by atoms with Gasteiger partial charge in [-0.3, -0.25) is 0 Å². The van der Waals surface area contributed by atoms with Gasteiger partial charge >= 0.3 is 0 Å². The van der Waals surface area contributed by atoms with Gasteiger partial charge in [0.15, 0.2) is 0 Å². The van der Waals surface area contributed by atoms with E-state index in [1.807, 2.05) is 0 Å². The topological polar surface area (TPSA) is 12.5 Å². The number of hydrogen-bond acceptors (Lipinski definition) is 2. The van der Waals surface area contributed by atoms with Crippen LogP contribution in [0.2, 0.25) is 0 Å². The van der Waals surface area contributed by atoms with Crippen LogP contribution in [0, 0.1) is 5.92 Å². The Bertz CT molecular complexity index is 472. The van der Waals surface area contributed by atoms with E-state index in [1.165, 1.54) is 56.4 Å². The Kier molecular flexibility index (Phi) is 2.71. The molecule has 1 unspecified atom stereocenters. The second kappa shape index (κ2) is 4.32. The molecule has 3 aliphatic rings. The maximum Gasteiger partial charge on any atom is 0.0967 e. The second-order valence-electron chi connectivity index (χ2n) is 6.59. The fraction of sp³-hybridized carbons (Fsp3) is 0.647. The van der Waals surface area contributed by atoms with Crippen LogP contribution in [-0.2, 0) is 10.3 Å². The average molecular weight is 257 g/mol. The summed E-state index contributed by atoms with van der Waals surface area (Å²) in [5.74, 6) is 1.00. The molecule has 4 rings (SSSR count). The van der Waals surface area contributed by atoms with Crippen LogP contribution in [0.5, 0.6) is 0 Å². The molecule has 0 amide bonds. The van der Waals surface area contributed by atoms with E-state index in [4.69, 9.17) is 4.74 Å². The van der Waals surface area contributed by atoms with Crippen molar-refractivity contribution in [3.8, 4) is 0 Å². The number of benzene rings is 1. The van der Waals surface area contributed by atoms with Crippen LogP contribution in [0.3, 0.4) is 0 Å². The Hall–Kier alpha value is -0.860. The van der Waals surface area contributed by atoms with E-state index in [1.54, 1.807) is 0 Å². The molecule has 19 heavy (non-hydrogen) atoms. The SMILES string of the molecule is CC1OC2(CCN(CC3CC3)CC2)c2ccccc21. The third kappa shape index (κ3) is 2.02. The molecule has 1 saturated carbocycles. The van der Waals surface area contributed by atoms with Crippen molar-refractivity contribution in [2.45, 2.75) is 44.3 Å². The molecule has 1 aliphatic carbocycles. The molecule has 2 heterocycles. The first kappa shape index (κ1) is 11.9. The van der Waals surface area contributed by atoms with E-state index in [2.05, 4.69) is 36.1 Å². The molecule has 0 N–H and O–H groups in total. The number of ether oxygens (including phenoxy) is 1. The van der Waals surface area contributed by atoms with E-state index >= 15 is 0 Å². The normalized spacial score (nSPS) is 29.6. The van der Waals surface area contributed by atoms with Crippen LogP contribution in [0.15, 0.2) is 24.3 Å². The monoisotopic (exact) mass is 257 g/mol. The number of hydrogen-bond donors (Lipinski definition) is 0. The number of likely N-dealkylation sites (tertiary alicyclic amines) is 1. The van der Waals surface area contributed by atoms with Gasteiger partial charge in [-0.25, -0.2) is 0 Å². The first-order chi connectivity index (χ1) is 9.27. The third-order valence-corrected chi connectivity index (χ3v) is 5.17. The van der Waals surface area contributed by atoms with Gasteiger partial charge in [0, 0.05) is 19.6 Å². The van der Waals surface area contributed by atoms with Gasteiger partial charge in [0.2, 0.25) is 0 Å². The molecule has 0 aromatic heterocycles. The molecule has 1 spiro atoms. The minimum absolute atomic E-state index is 0.0239. The van der Waals surface area contributed by atoms with Crippen molar-refractivity contribution in [1.29, 1.82) is 0 Å². The summed E-state index contributed by atoms with van der Waals surface area (Å²) in [6.07, 6.45) is 5.52. The van der Waals surface area contributed by atoms with Crippen molar-refractivity contribution in [2.75, 3.05) is 19.6 Å². The lowest BCUT2D eigenvalue weighted by molar-refractivity contribution is -0.104. The third-order valence-electron chi connectivity index (χ3n) is 5.17. The molecule has 0 bridgehead atoms. The molecule has 1 atom stereocenters. The second-order valence-corrected chi connectivity index (χ2v) is 6.59. The summed E-state index contributed by atoms with van der Waals surface area (Å²) < 4.78 is 6.40. The highest BCUT2D eigenvalue weighted by atomic mass is 16.5. The fourth-order valence-corrected chi connectivity index (χ4v) is 3.88. The van der Waals surface area contributed by atoms with Crippen LogP contribution in [0.1, 0.15) is 49.8 Å². The zero-order valence-corrected chi connectivity index (χ0v) is 11.8. The molecular formula is C17H23NO. The lowest BCUT2D eigenvalue weighted by Crippen LogP contribution is -2.43. The standard InChI is InChI=1S/C17H23NO/c1-13-15-4-2-3-5-16(15)17(19-13)8-10-18(11-9-17)12-14-6-7-14/h2-5,13-14H,6-12H2,1H3. The smallest absolute Gasteiger partial charge is 0.0967 e. The van der Waals surface area contributed by atoms with Gasteiger partial charge in [0.25, 0.3) is 0 Å². The zero-order chi connectivity index (χ0) is 12.9. The molecule has 1 aromatic rings. The van der Waals surface area contributed by atoms with Gasteiger partial charge < -0.3 is 9.64 Å². The summed E-state index contributed by atoms with van der Waals surface area (Å²) in [7, 11) is 0. The Labute approximate surface area is 115 Å². The van der Waals surface area contributed by atoms with Crippen LogP contribution in [-0.4, -0.2) is 24.5 Å². The van der Waals surface area contributed by atoms with Gasteiger partial charge in [0.05, 0.1) is 11.7 Å². The largest absolute Gasteiger partial charge is 0.363 e. The Morgan fingerprint density at radius 2 is 1.95 bits per heavy atom. The number of piperidine rings is 1. The van der Waals surface area contributed by atoms with Gasteiger partial charge in [-0.1, -0.05) is 24.3 Å². The highest BCUT2D eigenvalue weighted by molar-refractivity contribution is 5.38. The fourth-order valence-electron chi connectivity index (χ4n) is 3.88. The molecular weight excluding hydrogens is 234 g/mol. The van der Waals surface area contributed by atoms with E-state index < -0.39 is 0 Å². The summed E-state index contributed by atoms with van der Waals surface area (Å²) in [5.41, 5.74) is 2.91. The maximum absolute atomic E-state index is 6.40. The minimum Gasteiger partial charge on any atom is -0.363 e. The lowest BCUT2D eigenvalue weighted by atomic mass is 9.83. The van der Waals surface area contributed by atoms with Crippen molar-refractivity contribution in [3.05, 3.63) is 35.4 Å². The Balaban J connectivity index is 1.53. The van der Waals surface area contributed by atoms with E-state index in [9.17, 15) is 0 Å². The van der Waals surface area contributed by atoms with Gasteiger partial charge in [-0.05, 0) is 49.7 Å². The lowest BCUT2D eigenvalue weighted by Gasteiger charge is -2.39. The first-order valence-corrected chi connectivity index (χ1v) is 7.76. The number of rotatable bonds is 2. The number of nitrogens with zero attached hydrogens (tertiary/aromatic N) is 1. The summed E-state index contributed by atoms with van der Waals surface area (Å²) in [6, 6.07) is 8.83. The molecule has 2 aliphatic heterocycles. The van der Waals surface area contributed by atoms with Crippen molar-refractivity contribution in [2.24, 2.45) is 5.92 Å². The number of fused-ring (bicyclic) bond motifs is 2. The Morgan fingerprint density at radius 1 is 1.21 bits per heavy atom. The molecule has 0 radical (unpaired) electrons. The van der Waals surface area contributed by atoms with Gasteiger partial charge in [0.1, 0.15) is 0 Å². The molecule has 2 heteroatoms. The van der Waals surface area contributed by atoms with Crippen LogP contribution < -0.4 is 0 Å². The van der Waals surface area contributed by atoms with E-state index in [0.29, 0.717) is 0 Å². The predicted octanol–water partition coefficient (Wildman–Crippen LogP) is 3.48. The van der Waals surface area contributed by atoms with Crippen LogP contribution in [0.4, 0.5) is 0 Å². The minimum atomic E-state index is 0.0239. The molecule has 2 nitrogen and oxygen atoms in total. The predicted molar refractivity (Wildman–Crippen MR) is 76.0 cm³/mol. The molecule has 102 valence electrons. The highest BCUT2D eigenvalue weighted by Crippen LogP contribution is 2.49.